The van der Waals surface area contributed by atoms with Gasteiger partial charge in [0.1, 0.15) is 0 Å². The molecule has 0 aromatic heterocycles. The fraction of sp³-hybridized carbons (Fsp3) is 0.368. The third-order valence-electron chi connectivity index (χ3n) is 3.58. The number of rotatable bonds is 7. The molecule has 2 unspecified atom stereocenters. The van der Waals surface area contributed by atoms with Crippen LogP contribution in [-0.4, -0.2) is 42.2 Å². The Hall–Kier alpha value is -1.10. The maximum absolute atomic E-state index is 9.61. The van der Waals surface area contributed by atoms with Crippen molar-refractivity contribution in [2.45, 2.75) is 18.2 Å². The molecule has 0 spiro atoms. The monoisotopic (exact) mass is 367 g/mol. The normalized spacial score (nSPS) is 17.1. The Kier molecular flexibility index (Phi) is 8.57. The summed E-state index contributed by atoms with van der Waals surface area (Å²) in [6.07, 6.45) is -0.131. The fourth-order valence-corrected chi connectivity index (χ4v) is 2.47. The van der Waals surface area contributed by atoms with E-state index in [0.717, 1.165) is 6.61 Å². The summed E-state index contributed by atoms with van der Waals surface area (Å²) in [5.41, 5.74) is 2.35. The first-order valence-corrected chi connectivity index (χ1v) is 9.06. The summed E-state index contributed by atoms with van der Waals surface area (Å²) in [6, 6.07) is 20.5. The molecule has 1 fully saturated rings. The Morgan fingerprint density at radius 3 is 1.83 bits per heavy atom. The van der Waals surface area contributed by atoms with E-state index in [2.05, 4.69) is 29.6 Å². The molecular formula is C19H23Cl2NO2. The smallest absolute Gasteiger partial charge is 0.0944 e. The second-order valence-electron chi connectivity index (χ2n) is 5.58. The molecule has 3 rings (SSSR count). The molecule has 1 aliphatic rings. The molecule has 2 N–H and O–H groups in total. The zero-order chi connectivity index (χ0) is 17.2. The number of epoxide rings is 1. The first-order valence-electron chi connectivity index (χ1n) is 7.99. The minimum atomic E-state index is -0.531. The van der Waals surface area contributed by atoms with Crippen LogP contribution in [0, 0.1) is 0 Å². The topological polar surface area (TPSA) is 44.8 Å². The molecule has 0 aliphatic carbocycles. The Morgan fingerprint density at radius 1 is 1.00 bits per heavy atom. The van der Waals surface area contributed by atoms with Crippen molar-refractivity contribution < 1.29 is 9.84 Å². The number of hydrogen-bond donors (Lipinski definition) is 2. The van der Waals surface area contributed by atoms with E-state index in [1.807, 2.05) is 36.4 Å². The quantitative estimate of drug-likeness (QED) is 0.580. The lowest BCUT2D eigenvalue weighted by Gasteiger charge is -2.21. The van der Waals surface area contributed by atoms with Crippen LogP contribution < -0.4 is 5.32 Å². The van der Waals surface area contributed by atoms with Gasteiger partial charge in [-0.1, -0.05) is 60.7 Å². The second-order valence-corrected chi connectivity index (χ2v) is 6.20. The van der Waals surface area contributed by atoms with E-state index >= 15 is 0 Å². The van der Waals surface area contributed by atoms with Crippen LogP contribution in [0.3, 0.4) is 0 Å². The molecular weight excluding hydrogens is 345 g/mol. The van der Waals surface area contributed by atoms with E-state index in [9.17, 15) is 5.11 Å². The Labute approximate surface area is 153 Å². The van der Waals surface area contributed by atoms with Gasteiger partial charge >= 0.3 is 0 Å². The Morgan fingerprint density at radius 2 is 1.50 bits per heavy atom. The van der Waals surface area contributed by atoms with Crippen molar-refractivity contribution in [2.24, 2.45) is 0 Å². The molecule has 1 aliphatic heterocycles. The fourth-order valence-electron chi connectivity index (χ4n) is 2.18. The number of benzene rings is 2. The largest absolute Gasteiger partial charge is 0.391 e. The molecule has 3 nitrogen and oxygen atoms in total. The van der Waals surface area contributed by atoms with Gasteiger partial charge in [0.2, 0.25) is 0 Å². The lowest BCUT2D eigenvalue weighted by Crippen LogP contribution is -2.31. The predicted octanol–water partition coefficient (Wildman–Crippen LogP) is 3.59. The lowest BCUT2D eigenvalue weighted by atomic mass is 9.98. The molecule has 1 heterocycles. The third kappa shape index (κ3) is 6.80. The van der Waals surface area contributed by atoms with Crippen LogP contribution in [0.2, 0.25) is 0 Å². The van der Waals surface area contributed by atoms with E-state index in [-0.39, 0.29) is 11.9 Å². The van der Waals surface area contributed by atoms with Crippen LogP contribution in [0.4, 0.5) is 0 Å². The van der Waals surface area contributed by atoms with E-state index in [0.29, 0.717) is 18.5 Å². The van der Waals surface area contributed by atoms with Crippen LogP contribution in [0.25, 0.3) is 0 Å². The Bertz CT molecular complexity index is 525. The van der Waals surface area contributed by atoms with Crippen molar-refractivity contribution in [1.82, 2.24) is 5.32 Å². The molecule has 130 valence electrons. The number of aliphatic hydroxyl groups excluding tert-OH is 1. The van der Waals surface area contributed by atoms with Gasteiger partial charge in [-0.3, -0.25) is 0 Å². The van der Waals surface area contributed by atoms with Gasteiger partial charge in [-0.15, -0.1) is 23.2 Å². The standard InChI is InChI=1S/C16H18ClNO.C3H5ClO/c17-11-15(19)12-18-16(13-7-3-1-4-8-13)14-9-5-2-6-10-14;4-1-3-2-5-3/h1-10,15-16,18-19H,11-12H2;3H,1-2H2. The number of nitrogens with one attached hydrogen (secondary N) is 1. The van der Waals surface area contributed by atoms with Gasteiger partial charge in [0.15, 0.2) is 0 Å². The second kappa shape index (κ2) is 10.7. The summed E-state index contributed by atoms with van der Waals surface area (Å²) in [6.45, 7) is 1.35. The number of alkyl halides is 2. The van der Waals surface area contributed by atoms with E-state index in [4.69, 9.17) is 27.9 Å². The minimum absolute atomic E-state index is 0.0697. The van der Waals surface area contributed by atoms with Crippen molar-refractivity contribution in [3.05, 3.63) is 71.8 Å². The van der Waals surface area contributed by atoms with Crippen LogP contribution in [0.5, 0.6) is 0 Å². The molecule has 0 amide bonds. The number of ether oxygens (including phenoxy) is 1. The summed E-state index contributed by atoms with van der Waals surface area (Å²) in [4.78, 5) is 0. The van der Waals surface area contributed by atoms with E-state index in [1.165, 1.54) is 11.1 Å². The maximum atomic E-state index is 9.61. The van der Waals surface area contributed by atoms with Crippen molar-refractivity contribution in [3.63, 3.8) is 0 Å². The summed E-state index contributed by atoms with van der Waals surface area (Å²) >= 11 is 10.9. The molecule has 0 saturated carbocycles. The average molecular weight is 368 g/mol. The highest BCUT2D eigenvalue weighted by molar-refractivity contribution is 6.18. The first kappa shape index (κ1) is 19.2. The first-order chi connectivity index (χ1) is 11.7. The zero-order valence-electron chi connectivity index (χ0n) is 13.4. The molecule has 0 radical (unpaired) electrons. The van der Waals surface area contributed by atoms with Crippen LogP contribution in [0.1, 0.15) is 17.2 Å². The highest BCUT2D eigenvalue weighted by atomic mass is 35.5. The van der Waals surface area contributed by atoms with Gasteiger partial charge in [-0.25, -0.2) is 0 Å². The summed E-state index contributed by atoms with van der Waals surface area (Å²) < 4.78 is 4.73. The minimum Gasteiger partial charge on any atom is -0.391 e. The van der Waals surface area contributed by atoms with Crippen molar-refractivity contribution >= 4 is 23.2 Å². The van der Waals surface area contributed by atoms with Crippen molar-refractivity contribution in [2.75, 3.05) is 24.9 Å². The molecule has 2 aromatic carbocycles. The van der Waals surface area contributed by atoms with Crippen LogP contribution in [-0.2, 0) is 4.74 Å². The van der Waals surface area contributed by atoms with Gasteiger partial charge in [0.25, 0.3) is 0 Å². The number of hydrogen-bond acceptors (Lipinski definition) is 3. The van der Waals surface area contributed by atoms with Crippen molar-refractivity contribution in [1.29, 1.82) is 0 Å². The van der Waals surface area contributed by atoms with Gasteiger partial charge in [0, 0.05) is 12.4 Å². The number of aliphatic hydroxyl groups is 1. The predicted molar refractivity (Wildman–Crippen MR) is 99.9 cm³/mol. The lowest BCUT2D eigenvalue weighted by molar-refractivity contribution is 0.191. The molecule has 24 heavy (non-hydrogen) atoms. The number of halogens is 2. The van der Waals surface area contributed by atoms with Gasteiger partial charge in [-0.05, 0) is 11.1 Å². The maximum Gasteiger partial charge on any atom is 0.0944 e. The zero-order valence-corrected chi connectivity index (χ0v) is 15.0. The molecule has 2 atom stereocenters. The van der Waals surface area contributed by atoms with E-state index < -0.39 is 6.10 Å². The molecule has 1 saturated heterocycles. The van der Waals surface area contributed by atoms with Crippen molar-refractivity contribution in [3.8, 4) is 0 Å². The van der Waals surface area contributed by atoms with Gasteiger partial charge in [0.05, 0.1) is 30.7 Å². The van der Waals surface area contributed by atoms with E-state index in [1.54, 1.807) is 0 Å². The van der Waals surface area contributed by atoms with Gasteiger partial charge < -0.3 is 15.2 Å². The van der Waals surface area contributed by atoms with Crippen LogP contribution >= 0.6 is 23.2 Å². The SMILES string of the molecule is ClCC1CO1.OC(CCl)CNC(c1ccccc1)c1ccccc1. The van der Waals surface area contributed by atoms with Gasteiger partial charge in [-0.2, -0.15) is 0 Å². The summed E-state index contributed by atoms with van der Waals surface area (Å²) in [5.74, 6) is 0.906. The average Bonchev–Trinajstić information content (AvgIpc) is 3.48. The molecule has 5 heteroatoms. The molecule has 0 bridgehead atoms. The molecule has 2 aromatic rings. The summed E-state index contributed by atoms with van der Waals surface area (Å²) in [7, 11) is 0. The highest BCUT2D eigenvalue weighted by Gasteiger charge is 2.19. The third-order valence-corrected chi connectivity index (χ3v) is 4.28. The Balaban J connectivity index is 0.000000355. The highest BCUT2D eigenvalue weighted by Crippen LogP contribution is 2.21. The van der Waals surface area contributed by atoms with Crippen LogP contribution in [0.15, 0.2) is 60.7 Å². The summed E-state index contributed by atoms with van der Waals surface area (Å²) in [5, 5.41) is 13.0.